The summed E-state index contributed by atoms with van der Waals surface area (Å²) in [4.78, 5) is 11.9. The molecule has 3 rings (SSSR count). The van der Waals surface area contributed by atoms with Gasteiger partial charge >= 0.3 is 0 Å². The van der Waals surface area contributed by atoms with Gasteiger partial charge in [-0.15, -0.1) is 0 Å². The van der Waals surface area contributed by atoms with Crippen LogP contribution in [0.4, 0.5) is 0 Å². The molecule has 25 heavy (non-hydrogen) atoms. The smallest absolute Gasteiger partial charge is 0.267 e. The van der Waals surface area contributed by atoms with Crippen molar-refractivity contribution in [1.82, 2.24) is 5.43 Å². The molecule has 0 unspecified atom stereocenters. The molecule has 2 aromatic rings. The normalized spacial score (nSPS) is 15.7. The lowest BCUT2D eigenvalue weighted by atomic mass is 9.90. The number of primary sulfonamides is 1. The lowest BCUT2D eigenvalue weighted by Crippen LogP contribution is -2.23. The highest BCUT2D eigenvalue weighted by Crippen LogP contribution is 2.22. The number of hydrazone groups is 1. The number of hydrogen-bond acceptors (Lipinski definition) is 4. The first kappa shape index (κ1) is 17.6. The minimum Gasteiger partial charge on any atom is -0.267 e. The summed E-state index contributed by atoms with van der Waals surface area (Å²) in [6, 6.07) is 12.0. The van der Waals surface area contributed by atoms with Crippen LogP contribution in [0.5, 0.6) is 0 Å². The molecule has 0 saturated heterocycles. The molecule has 0 atom stereocenters. The molecule has 0 bridgehead atoms. The van der Waals surface area contributed by atoms with Gasteiger partial charge in [0.2, 0.25) is 10.0 Å². The lowest BCUT2D eigenvalue weighted by Gasteiger charge is -2.17. The maximum Gasteiger partial charge on any atom is 0.271 e. The average molecular weight is 378 g/mol. The second-order valence-electron chi connectivity index (χ2n) is 5.75. The first-order valence-electron chi connectivity index (χ1n) is 7.59. The van der Waals surface area contributed by atoms with Gasteiger partial charge in [-0.05, 0) is 42.2 Å². The zero-order chi connectivity index (χ0) is 18.0. The van der Waals surface area contributed by atoms with Crippen molar-refractivity contribution in [2.75, 3.05) is 0 Å². The van der Waals surface area contributed by atoms with E-state index < -0.39 is 15.9 Å². The van der Waals surface area contributed by atoms with E-state index in [-0.39, 0.29) is 15.5 Å². The fourth-order valence-corrected chi connectivity index (χ4v) is 3.78. The number of benzene rings is 2. The van der Waals surface area contributed by atoms with Crippen LogP contribution < -0.4 is 10.6 Å². The Morgan fingerprint density at radius 1 is 1.12 bits per heavy atom. The zero-order valence-electron chi connectivity index (χ0n) is 13.2. The van der Waals surface area contributed by atoms with Gasteiger partial charge in [0, 0.05) is 17.7 Å². The van der Waals surface area contributed by atoms with Gasteiger partial charge in [-0.2, -0.15) is 5.10 Å². The van der Waals surface area contributed by atoms with Crippen molar-refractivity contribution in [2.45, 2.75) is 24.2 Å². The number of nitrogens with one attached hydrogen (secondary N) is 1. The van der Waals surface area contributed by atoms with Gasteiger partial charge in [-0.1, -0.05) is 35.9 Å². The van der Waals surface area contributed by atoms with E-state index in [0.717, 1.165) is 24.6 Å². The fourth-order valence-electron chi connectivity index (χ4n) is 2.71. The number of nitrogens with two attached hydrogens (primary N) is 1. The van der Waals surface area contributed by atoms with Gasteiger partial charge in [0.25, 0.3) is 5.91 Å². The minimum atomic E-state index is -4.01. The molecule has 1 aliphatic carbocycles. The number of rotatable bonds is 3. The van der Waals surface area contributed by atoms with E-state index in [4.69, 9.17) is 16.7 Å². The van der Waals surface area contributed by atoms with Crippen molar-refractivity contribution >= 4 is 33.2 Å². The lowest BCUT2D eigenvalue weighted by molar-refractivity contribution is 0.0954. The third kappa shape index (κ3) is 4.07. The van der Waals surface area contributed by atoms with Gasteiger partial charge in [-0.3, -0.25) is 4.79 Å². The highest BCUT2D eigenvalue weighted by atomic mass is 35.5. The highest BCUT2D eigenvalue weighted by molar-refractivity contribution is 7.89. The van der Waals surface area contributed by atoms with E-state index in [1.165, 1.54) is 23.3 Å². The standard InChI is InChI=1S/C17H16ClN3O3S/c18-15-8-6-13(10-16(15)25(19,23)24)17(22)21-20-14-7-5-11-3-1-2-4-12(11)9-14/h1-4,6,8,10H,5,7,9H2,(H,21,22)(H2,19,23,24)/b20-14-. The van der Waals surface area contributed by atoms with E-state index in [1.807, 2.05) is 18.2 Å². The first-order chi connectivity index (χ1) is 11.8. The molecular formula is C17H16ClN3O3S. The molecule has 1 aliphatic rings. The zero-order valence-corrected chi connectivity index (χ0v) is 14.8. The molecule has 6 nitrogen and oxygen atoms in total. The van der Waals surface area contributed by atoms with Crippen LogP contribution in [-0.2, 0) is 22.9 Å². The van der Waals surface area contributed by atoms with Gasteiger partial charge in [-0.25, -0.2) is 19.0 Å². The Kier molecular flexibility index (Phi) is 4.89. The molecule has 0 fully saturated rings. The SMILES string of the molecule is NS(=O)(=O)c1cc(C(=O)N/N=C2/CCc3ccccc3C2)ccc1Cl. The second-order valence-corrected chi connectivity index (χ2v) is 7.69. The van der Waals surface area contributed by atoms with Gasteiger partial charge in [0.1, 0.15) is 4.90 Å². The summed E-state index contributed by atoms with van der Waals surface area (Å²) in [5, 5.41) is 9.23. The largest absolute Gasteiger partial charge is 0.271 e. The Hall–Kier alpha value is -2.22. The summed E-state index contributed by atoms with van der Waals surface area (Å²) in [5.74, 6) is -0.520. The maximum atomic E-state index is 12.2. The Balaban J connectivity index is 1.76. The summed E-state index contributed by atoms with van der Waals surface area (Å²) < 4.78 is 23.0. The van der Waals surface area contributed by atoms with Gasteiger partial charge in [0.05, 0.1) is 5.02 Å². The van der Waals surface area contributed by atoms with E-state index >= 15 is 0 Å². The number of amides is 1. The van der Waals surface area contributed by atoms with Crippen LogP contribution in [0.15, 0.2) is 52.5 Å². The third-order valence-electron chi connectivity index (χ3n) is 4.01. The number of hydrogen-bond donors (Lipinski definition) is 2. The Labute approximate surface area is 150 Å². The van der Waals surface area contributed by atoms with E-state index in [2.05, 4.69) is 16.6 Å². The molecule has 0 aromatic heterocycles. The van der Waals surface area contributed by atoms with Crippen molar-refractivity contribution in [1.29, 1.82) is 0 Å². The topological polar surface area (TPSA) is 102 Å². The predicted octanol–water partition coefficient (Wildman–Crippen LogP) is 2.26. The molecule has 0 heterocycles. The van der Waals surface area contributed by atoms with Gasteiger partial charge < -0.3 is 0 Å². The van der Waals surface area contributed by atoms with Crippen molar-refractivity contribution in [3.05, 3.63) is 64.2 Å². The van der Waals surface area contributed by atoms with Crippen molar-refractivity contribution in [3.63, 3.8) is 0 Å². The molecule has 0 radical (unpaired) electrons. The van der Waals surface area contributed by atoms with Crippen LogP contribution in [0.1, 0.15) is 27.9 Å². The molecule has 1 amide bonds. The summed E-state index contributed by atoms with van der Waals surface area (Å²) in [5.41, 5.74) is 5.95. The van der Waals surface area contributed by atoms with Crippen LogP contribution in [0, 0.1) is 0 Å². The number of nitrogens with zero attached hydrogens (tertiary/aromatic N) is 1. The number of carbonyl (C=O) groups is 1. The molecule has 130 valence electrons. The van der Waals surface area contributed by atoms with E-state index in [0.29, 0.717) is 6.42 Å². The Morgan fingerprint density at radius 2 is 1.84 bits per heavy atom. The fraction of sp³-hybridized carbons (Fsp3) is 0.176. The van der Waals surface area contributed by atoms with Crippen LogP contribution >= 0.6 is 11.6 Å². The average Bonchev–Trinajstić information content (AvgIpc) is 2.59. The van der Waals surface area contributed by atoms with E-state index in [1.54, 1.807) is 0 Å². The van der Waals surface area contributed by atoms with Crippen LogP contribution in [0.25, 0.3) is 0 Å². The van der Waals surface area contributed by atoms with Crippen LogP contribution in [-0.4, -0.2) is 20.0 Å². The van der Waals surface area contributed by atoms with Crippen molar-refractivity contribution < 1.29 is 13.2 Å². The molecule has 0 aliphatic heterocycles. The summed E-state index contributed by atoms with van der Waals surface area (Å²) >= 11 is 5.81. The van der Waals surface area contributed by atoms with Crippen LogP contribution in [0.2, 0.25) is 5.02 Å². The second kappa shape index (κ2) is 6.95. The van der Waals surface area contributed by atoms with Gasteiger partial charge in [0.15, 0.2) is 0 Å². The number of fused-ring (bicyclic) bond motifs is 1. The monoisotopic (exact) mass is 377 g/mol. The minimum absolute atomic E-state index is 0.0331. The van der Waals surface area contributed by atoms with Crippen molar-refractivity contribution in [3.8, 4) is 0 Å². The quantitative estimate of drug-likeness (QED) is 0.802. The summed E-state index contributed by atoms with van der Waals surface area (Å²) in [7, 11) is -4.01. The molecular weight excluding hydrogens is 362 g/mol. The maximum absolute atomic E-state index is 12.2. The molecule has 0 spiro atoms. The molecule has 3 N–H and O–H groups in total. The first-order valence-corrected chi connectivity index (χ1v) is 9.52. The van der Waals surface area contributed by atoms with Crippen molar-refractivity contribution in [2.24, 2.45) is 10.2 Å². The number of aryl methyl sites for hydroxylation is 1. The number of halogens is 1. The number of sulfonamides is 1. The third-order valence-corrected chi connectivity index (χ3v) is 5.40. The summed E-state index contributed by atoms with van der Waals surface area (Å²) in [6.45, 7) is 0. The molecule has 2 aromatic carbocycles. The Morgan fingerprint density at radius 3 is 2.56 bits per heavy atom. The molecule has 0 saturated carbocycles. The summed E-state index contributed by atoms with van der Waals surface area (Å²) in [6.07, 6.45) is 2.32. The Bertz CT molecular complexity index is 971. The van der Waals surface area contributed by atoms with Crippen LogP contribution in [0.3, 0.4) is 0 Å². The van der Waals surface area contributed by atoms with E-state index in [9.17, 15) is 13.2 Å². The number of carbonyl (C=O) groups excluding carboxylic acids is 1. The predicted molar refractivity (Wildman–Crippen MR) is 96.2 cm³/mol. The highest BCUT2D eigenvalue weighted by Gasteiger charge is 2.17. The molecule has 8 heteroatoms.